The Bertz CT molecular complexity index is 509. The summed E-state index contributed by atoms with van der Waals surface area (Å²) >= 11 is 1.64. The molecule has 2 heterocycles. The fourth-order valence-corrected chi connectivity index (χ4v) is 2.61. The largest absolute Gasteiger partial charge is 0.453 e. The second-order valence-corrected chi connectivity index (χ2v) is 5.33. The molecule has 0 spiro atoms. The maximum atomic E-state index is 11.9. The van der Waals surface area contributed by atoms with E-state index >= 15 is 0 Å². The highest BCUT2D eigenvalue weighted by Crippen LogP contribution is 2.23. The van der Waals surface area contributed by atoms with Gasteiger partial charge in [-0.1, -0.05) is 18.2 Å². The number of benzene rings is 1. The lowest BCUT2D eigenvalue weighted by Crippen LogP contribution is -2.31. The van der Waals surface area contributed by atoms with Gasteiger partial charge in [0.15, 0.2) is 5.76 Å². The summed E-state index contributed by atoms with van der Waals surface area (Å²) in [6.07, 6.45) is 0. The Labute approximate surface area is 103 Å². The molecule has 0 N–H and O–H groups in total. The van der Waals surface area contributed by atoms with Gasteiger partial charge in [-0.25, -0.2) is 0 Å². The molecule has 1 fully saturated rings. The number of Topliss-reactive ketones (excluding diaryl/α,β-unsaturated/α-hetero) is 1. The highest BCUT2D eigenvalue weighted by atomic mass is 32.2. The molecular weight excluding hydrogens is 236 g/mol. The van der Waals surface area contributed by atoms with E-state index in [0.29, 0.717) is 16.8 Å². The molecule has 3 rings (SSSR count). The third kappa shape index (κ3) is 2.23. The normalized spacial score (nSPS) is 16.0. The van der Waals surface area contributed by atoms with Crippen LogP contribution in [0.2, 0.25) is 0 Å². The Hall–Kier alpha value is -1.26. The van der Waals surface area contributed by atoms with Crippen LogP contribution in [0.5, 0.6) is 0 Å². The molecule has 0 atom stereocenters. The SMILES string of the molecule is O=C(CSC1COC1)c1cc2ccccc2o1. The molecule has 4 heteroatoms. The molecule has 1 saturated heterocycles. The van der Waals surface area contributed by atoms with E-state index in [-0.39, 0.29) is 5.78 Å². The summed E-state index contributed by atoms with van der Waals surface area (Å²) in [4.78, 5) is 11.9. The van der Waals surface area contributed by atoms with Gasteiger partial charge in [0.1, 0.15) is 5.58 Å². The minimum atomic E-state index is 0.0538. The second-order valence-electron chi connectivity index (χ2n) is 4.04. The van der Waals surface area contributed by atoms with Crippen molar-refractivity contribution in [1.29, 1.82) is 0 Å². The van der Waals surface area contributed by atoms with E-state index in [2.05, 4.69) is 0 Å². The summed E-state index contributed by atoms with van der Waals surface area (Å²) in [5.41, 5.74) is 0.771. The number of furan rings is 1. The molecule has 0 unspecified atom stereocenters. The zero-order chi connectivity index (χ0) is 11.7. The molecule has 0 amide bonds. The summed E-state index contributed by atoms with van der Waals surface area (Å²) < 4.78 is 10.6. The number of rotatable bonds is 4. The lowest BCUT2D eigenvalue weighted by atomic mass is 10.2. The Morgan fingerprint density at radius 3 is 2.88 bits per heavy atom. The van der Waals surface area contributed by atoms with Gasteiger partial charge >= 0.3 is 0 Å². The number of hydrogen-bond donors (Lipinski definition) is 0. The molecule has 1 aliphatic rings. The highest BCUT2D eigenvalue weighted by Gasteiger charge is 2.21. The first-order valence-corrected chi connectivity index (χ1v) is 6.59. The third-order valence-electron chi connectivity index (χ3n) is 2.76. The number of hydrogen-bond acceptors (Lipinski definition) is 4. The van der Waals surface area contributed by atoms with Crippen LogP contribution in [0, 0.1) is 0 Å². The average Bonchev–Trinajstić information content (AvgIpc) is 2.70. The Morgan fingerprint density at radius 2 is 2.18 bits per heavy atom. The summed E-state index contributed by atoms with van der Waals surface area (Å²) in [6.45, 7) is 1.52. The van der Waals surface area contributed by atoms with E-state index in [9.17, 15) is 4.79 Å². The van der Waals surface area contributed by atoms with Crippen molar-refractivity contribution in [1.82, 2.24) is 0 Å². The Kier molecular flexibility index (Phi) is 2.91. The number of carbonyl (C=O) groups excluding carboxylic acids is 1. The Morgan fingerprint density at radius 1 is 1.35 bits per heavy atom. The van der Waals surface area contributed by atoms with Crippen LogP contribution in [0.3, 0.4) is 0 Å². The van der Waals surface area contributed by atoms with Gasteiger partial charge in [-0.2, -0.15) is 0 Å². The number of fused-ring (bicyclic) bond motifs is 1. The molecule has 2 aromatic rings. The molecule has 88 valence electrons. The number of thioether (sulfide) groups is 1. The van der Waals surface area contributed by atoms with Crippen molar-refractivity contribution in [2.45, 2.75) is 5.25 Å². The number of para-hydroxylation sites is 1. The van der Waals surface area contributed by atoms with E-state index in [4.69, 9.17) is 9.15 Å². The maximum absolute atomic E-state index is 11.9. The summed E-state index contributed by atoms with van der Waals surface area (Å²) in [5, 5.41) is 1.45. The molecule has 0 aliphatic carbocycles. The van der Waals surface area contributed by atoms with E-state index in [0.717, 1.165) is 24.2 Å². The van der Waals surface area contributed by atoms with Crippen LogP contribution in [0.1, 0.15) is 10.6 Å². The van der Waals surface area contributed by atoms with Crippen molar-refractivity contribution < 1.29 is 13.9 Å². The van der Waals surface area contributed by atoms with Gasteiger partial charge in [0.2, 0.25) is 5.78 Å². The van der Waals surface area contributed by atoms with Gasteiger partial charge in [0.05, 0.1) is 24.2 Å². The molecule has 0 radical (unpaired) electrons. The first-order valence-electron chi connectivity index (χ1n) is 5.54. The number of carbonyl (C=O) groups is 1. The summed E-state index contributed by atoms with van der Waals surface area (Å²) in [5.74, 6) is 0.977. The zero-order valence-corrected chi connectivity index (χ0v) is 10.0. The van der Waals surface area contributed by atoms with Crippen LogP contribution in [0.25, 0.3) is 11.0 Å². The monoisotopic (exact) mass is 248 g/mol. The van der Waals surface area contributed by atoms with Crippen molar-refractivity contribution in [2.75, 3.05) is 19.0 Å². The summed E-state index contributed by atoms with van der Waals surface area (Å²) in [6, 6.07) is 9.48. The van der Waals surface area contributed by atoms with Crippen LogP contribution in [0.15, 0.2) is 34.7 Å². The van der Waals surface area contributed by atoms with Crippen molar-refractivity contribution in [2.24, 2.45) is 0 Å². The topological polar surface area (TPSA) is 39.4 Å². The number of ketones is 1. The van der Waals surface area contributed by atoms with E-state index in [1.165, 1.54) is 0 Å². The van der Waals surface area contributed by atoms with Gasteiger partial charge in [-0.05, 0) is 12.1 Å². The first kappa shape index (κ1) is 10.9. The molecule has 1 aromatic heterocycles. The highest BCUT2D eigenvalue weighted by molar-refractivity contribution is 8.00. The quantitative estimate of drug-likeness (QED) is 0.780. The van der Waals surface area contributed by atoms with Crippen molar-refractivity contribution >= 4 is 28.5 Å². The molecule has 17 heavy (non-hydrogen) atoms. The average molecular weight is 248 g/mol. The molecule has 0 bridgehead atoms. The van der Waals surface area contributed by atoms with Gasteiger partial charge in [0, 0.05) is 5.39 Å². The van der Waals surface area contributed by atoms with Crippen molar-refractivity contribution in [3.63, 3.8) is 0 Å². The minimum absolute atomic E-state index is 0.0538. The molecule has 1 aromatic carbocycles. The zero-order valence-electron chi connectivity index (χ0n) is 9.22. The van der Waals surface area contributed by atoms with E-state index in [1.807, 2.05) is 30.3 Å². The minimum Gasteiger partial charge on any atom is -0.453 e. The first-order chi connectivity index (χ1) is 8.33. The summed E-state index contributed by atoms with van der Waals surface area (Å²) in [7, 11) is 0. The van der Waals surface area contributed by atoms with Crippen molar-refractivity contribution in [3.8, 4) is 0 Å². The Balaban J connectivity index is 1.71. The van der Waals surface area contributed by atoms with Gasteiger partial charge in [-0.15, -0.1) is 11.8 Å². The molecular formula is C13H12O3S. The van der Waals surface area contributed by atoms with E-state index in [1.54, 1.807) is 11.8 Å². The van der Waals surface area contributed by atoms with Crippen LogP contribution in [0.4, 0.5) is 0 Å². The fraction of sp³-hybridized carbons (Fsp3) is 0.308. The van der Waals surface area contributed by atoms with E-state index < -0.39 is 0 Å². The third-order valence-corrected chi connectivity index (χ3v) is 3.93. The molecule has 1 aliphatic heterocycles. The van der Waals surface area contributed by atoms with Crippen LogP contribution in [-0.2, 0) is 4.74 Å². The smallest absolute Gasteiger partial charge is 0.207 e. The standard InChI is InChI=1S/C13H12O3S/c14-11(8-17-10-6-15-7-10)13-5-9-3-1-2-4-12(9)16-13/h1-5,10H,6-8H2. The van der Waals surface area contributed by atoms with Gasteiger partial charge < -0.3 is 9.15 Å². The lowest BCUT2D eigenvalue weighted by molar-refractivity contribution is 0.0455. The van der Waals surface area contributed by atoms with Crippen LogP contribution >= 0.6 is 11.8 Å². The van der Waals surface area contributed by atoms with Gasteiger partial charge in [-0.3, -0.25) is 4.79 Å². The van der Waals surface area contributed by atoms with Crippen LogP contribution in [-0.4, -0.2) is 30.0 Å². The molecule has 3 nitrogen and oxygen atoms in total. The fourth-order valence-electron chi connectivity index (χ4n) is 1.69. The molecule has 0 saturated carbocycles. The predicted molar refractivity (Wildman–Crippen MR) is 67.6 cm³/mol. The predicted octanol–water partition coefficient (Wildman–Crippen LogP) is 2.75. The lowest BCUT2D eigenvalue weighted by Gasteiger charge is -2.24. The van der Waals surface area contributed by atoms with Gasteiger partial charge in [0.25, 0.3) is 0 Å². The van der Waals surface area contributed by atoms with Crippen LogP contribution < -0.4 is 0 Å². The number of ether oxygens (including phenoxy) is 1. The van der Waals surface area contributed by atoms with Crippen molar-refractivity contribution in [3.05, 3.63) is 36.1 Å². The maximum Gasteiger partial charge on any atom is 0.207 e. The second kappa shape index (κ2) is 4.55.